The van der Waals surface area contributed by atoms with Crippen LogP contribution in [0.15, 0.2) is 0 Å². The van der Waals surface area contributed by atoms with Crippen LogP contribution in [0.1, 0.15) is 52.4 Å². The highest BCUT2D eigenvalue weighted by molar-refractivity contribution is 5.87. The van der Waals surface area contributed by atoms with E-state index in [1.165, 1.54) is 7.11 Å². The molecule has 5 nitrogen and oxygen atoms in total. The van der Waals surface area contributed by atoms with E-state index < -0.39 is 5.54 Å². The second-order valence-electron chi connectivity index (χ2n) is 5.30. The first kappa shape index (κ1) is 16.0. The summed E-state index contributed by atoms with van der Waals surface area (Å²) in [7, 11) is 1.34. The second kappa shape index (κ2) is 7.48. The zero-order valence-electron chi connectivity index (χ0n) is 12.2. The van der Waals surface area contributed by atoms with Gasteiger partial charge in [-0.05, 0) is 32.6 Å². The average molecular weight is 271 g/mol. The first-order chi connectivity index (χ1) is 9.01. The monoisotopic (exact) mass is 271 g/mol. The average Bonchev–Trinajstić information content (AvgIpc) is 2.88. The van der Waals surface area contributed by atoms with Gasteiger partial charge >= 0.3 is 5.97 Å². The Hall–Kier alpha value is -1.10. The van der Waals surface area contributed by atoms with Crippen LogP contribution in [0, 0.1) is 0 Å². The van der Waals surface area contributed by atoms with Crippen LogP contribution in [-0.2, 0) is 19.1 Å². The number of rotatable bonds is 7. The maximum atomic E-state index is 11.9. The van der Waals surface area contributed by atoms with E-state index in [2.05, 4.69) is 5.32 Å². The molecule has 0 saturated carbocycles. The molecule has 0 aromatic rings. The Morgan fingerprint density at radius 1 is 1.47 bits per heavy atom. The molecule has 0 spiro atoms. The molecule has 0 radical (unpaired) electrons. The van der Waals surface area contributed by atoms with Crippen molar-refractivity contribution in [3.8, 4) is 0 Å². The van der Waals surface area contributed by atoms with Crippen LogP contribution in [0.4, 0.5) is 0 Å². The lowest BCUT2D eigenvalue weighted by Gasteiger charge is -2.27. The third-order valence-electron chi connectivity index (χ3n) is 3.52. The van der Waals surface area contributed by atoms with Gasteiger partial charge in [0.15, 0.2) is 0 Å². The van der Waals surface area contributed by atoms with Gasteiger partial charge in [0.1, 0.15) is 5.54 Å². The third-order valence-corrected chi connectivity index (χ3v) is 3.52. The van der Waals surface area contributed by atoms with E-state index in [-0.39, 0.29) is 18.0 Å². The summed E-state index contributed by atoms with van der Waals surface area (Å²) >= 11 is 0. The zero-order valence-corrected chi connectivity index (χ0v) is 12.2. The number of amides is 1. The summed E-state index contributed by atoms with van der Waals surface area (Å²) in [5.74, 6) is -0.503. The van der Waals surface area contributed by atoms with Crippen LogP contribution in [-0.4, -0.2) is 37.2 Å². The Kier molecular flexibility index (Phi) is 6.28. The van der Waals surface area contributed by atoms with Crippen molar-refractivity contribution in [2.75, 3.05) is 13.7 Å². The lowest BCUT2D eigenvalue weighted by molar-refractivity contribution is -0.150. The Labute approximate surface area is 115 Å². The van der Waals surface area contributed by atoms with Crippen molar-refractivity contribution in [1.82, 2.24) is 5.32 Å². The maximum absolute atomic E-state index is 11.9. The van der Waals surface area contributed by atoms with Crippen molar-refractivity contribution in [2.45, 2.75) is 64.0 Å². The molecule has 1 amide bonds. The summed E-state index contributed by atoms with van der Waals surface area (Å²) in [4.78, 5) is 23.7. The SMILES string of the molecule is CCCC(C)(NC(=O)CCC1CCCO1)C(=O)OC. The molecule has 2 atom stereocenters. The summed E-state index contributed by atoms with van der Waals surface area (Å²) in [5, 5.41) is 2.80. The highest BCUT2D eigenvalue weighted by Gasteiger charge is 2.35. The molecule has 0 aliphatic carbocycles. The molecule has 1 heterocycles. The summed E-state index contributed by atoms with van der Waals surface area (Å²) in [6.07, 6.45) is 4.78. The molecule has 1 aliphatic heterocycles. The number of esters is 1. The molecule has 19 heavy (non-hydrogen) atoms. The standard InChI is InChI=1S/C14H25NO4/c1-4-9-14(2,13(17)18-3)15-12(16)8-7-11-6-5-10-19-11/h11H,4-10H2,1-3H3,(H,15,16). The molecule has 2 unspecified atom stereocenters. The molecule has 0 aromatic carbocycles. The van der Waals surface area contributed by atoms with Gasteiger partial charge in [0, 0.05) is 13.0 Å². The molecule has 0 aromatic heterocycles. The minimum absolute atomic E-state index is 0.114. The van der Waals surface area contributed by atoms with Gasteiger partial charge in [-0.2, -0.15) is 0 Å². The largest absolute Gasteiger partial charge is 0.467 e. The van der Waals surface area contributed by atoms with Crippen LogP contribution >= 0.6 is 0 Å². The van der Waals surface area contributed by atoms with Gasteiger partial charge in [-0.1, -0.05) is 13.3 Å². The van der Waals surface area contributed by atoms with Gasteiger partial charge in [-0.25, -0.2) is 4.79 Å². The van der Waals surface area contributed by atoms with Crippen molar-refractivity contribution in [3.63, 3.8) is 0 Å². The summed E-state index contributed by atoms with van der Waals surface area (Å²) in [6, 6.07) is 0. The molecule has 5 heteroatoms. The van der Waals surface area contributed by atoms with Crippen molar-refractivity contribution in [1.29, 1.82) is 0 Å². The first-order valence-corrected chi connectivity index (χ1v) is 7.03. The molecular weight excluding hydrogens is 246 g/mol. The Balaban J connectivity index is 2.43. The molecule has 0 bridgehead atoms. The number of ether oxygens (including phenoxy) is 2. The van der Waals surface area contributed by atoms with Crippen LogP contribution in [0.3, 0.4) is 0 Å². The molecule has 1 aliphatic rings. The van der Waals surface area contributed by atoms with E-state index >= 15 is 0 Å². The fourth-order valence-corrected chi connectivity index (χ4v) is 2.48. The number of hydrogen-bond donors (Lipinski definition) is 1. The molecule has 1 fully saturated rings. The fourth-order valence-electron chi connectivity index (χ4n) is 2.48. The summed E-state index contributed by atoms with van der Waals surface area (Å²) < 4.78 is 10.2. The lowest BCUT2D eigenvalue weighted by atomic mass is 9.95. The van der Waals surface area contributed by atoms with Crippen LogP contribution in [0.25, 0.3) is 0 Å². The quantitative estimate of drug-likeness (QED) is 0.717. The van der Waals surface area contributed by atoms with Crippen LogP contribution in [0.5, 0.6) is 0 Å². The van der Waals surface area contributed by atoms with Gasteiger partial charge in [0.05, 0.1) is 13.2 Å². The molecule has 1 rings (SSSR count). The molecular formula is C14H25NO4. The maximum Gasteiger partial charge on any atom is 0.331 e. The first-order valence-electron chi connectivity index (χ1n) is 7.03. The van der Waals surface area contributed by atoms with Crippen molar-refractivity contribution >= 4 is 11.9 Å². The van der Waals surface area contributed by atoms with E-state index in [9.17, 15) is 9.59 Å². The van der Waals surface area contributed by atoms with Gasteiger partial charge in [-0.3, -0.25) is 4.79 Å². The van der Waals surface area contributed by atoms with Gasteiger partial charge in [-0.15, -0.1) is 0 Å². The van der Waals surface area contributed by atoms with E-state index in [0.29, 0.717) is 12.8 Å². The summed E-state index contributed by atoms with van der Waals surface area (Å²) in [5.41, 5.74) is -0.920. The minimum atomic E-state index is -0.920. The number of hydrogen-bond acceptors (Lipinski definition) is 4. The smallest absolute Gasteiger partial charge is 0.331 e. The van der Waals surface area contributed by atoms with E-state index in [4.69, 9.17) is 9.47 Å². The number of carbonyl (C=O) groups excluding carboxylic acids is 2. The van der Waals surface area contributed by atoms with E-state index in [0.717, 1.165) is 32.3 Å². The Morgan fingerprint density at radius 3 is 2.74 bits per heavy atom. The van der Waals surface area contributed by atoms with Crippen LogP contribution in [0.2, 0.25) is 0 Å². The topological polar surface area (TPSA) is 64.6 Å². The number of methoxy groups -OCH3 is 1. The zero-order chi connectivity index (χ0) is 14.3. The molecule has 110 valence electrons. The fraction of sp³-hybridized carbons (Fsp3) is 0.857. The van der Waals surface area contributed by atoms with E-state index in [1.807, 2.05) is 6.92 Å². The van der Waals surface area contributed by atoms with Gasteiger partial charge < -0.3 is 14.8 Å². The summed E-state index contributed by atoms with van der Waals surface area (Å²) in [6.45, 7) is 4.48. The van der Waals surface area contributed by atoms with Crippen molar-refractivity contribution in [3.05, 3.63) is 0 Å². The lowest BCUT2D eigenvalue weighted by Crippen LogP contribution is -2.52. The second-order valence-corrected chi connectivity index (χ2v) is 5.30. The predicted molar refractivity (Wildman–Crippen MR) is 71.7 cm³/mol. The Bertz CT molecular complexity index is 313. The molecule has 1 saturated heterocycles. The predicted octanol–water partition coefficient (Wildman–Crippen LogP) is 1.79. The number of nitrogens with one attached hydrogen (secondary N) is 1. The van der Waals surface area contributed by atoms with Crippen LogP contribution < -0.4 is 5.32 Å². The van der Waals surface area contributed by atoms with Crippen molar-refractivity contribution in [2.24, 2.45) is 0 Å². The van der Waals surface area contributed by atoms with Gasteiger partial charge in [0.25, 0.3) is 0 Å². The van der Waals surface area contributed by atoms with Crippen molar-refractivity contribution < 1.29 is 19.1 Å². The molecule has 1 N–H and O–H groups in total. The van der Waals surface area contributed by atoms with Gasteiger partial charge in [0.2, 0.25) is 5.91 Å². The highest BCUT2D eigenvalue weighted by Crippen LogP contribution is 2.18. The third kappa shape index (κ3) is 4.82. The highest BCUT2D eigenvalue weighted by atomic mass is 16.5. The number of carbonyl (C=O) groups is 2. The van der Waals surface area contributed by atoms with E-state index in [1.54, 1.807) is 6.92 Å². The minimum Gasteiger partial charge on any atom is -0.467 e. The normalized spacial score (nSPS) is 21.7. The Morgan fingerprint density at radius 2 is 2.21 bits per heavy atom.